The molecule has 4 rings (SSSR count). The minimum atomic E-state index is -0.380. The van der Waals surface area contributed by atoms with E-state index >= 15 is 0 Å². The van der Waals surface area contributed by atoms with E-state index < -0.39 is 0 Å². The number of thiocarbonyl (C=S) groups is 1. The quantitative estimate of drug-likeness (QED) is 0.499. The first-order chi connectivity index (χ1) is 15.6. The van der Waals surface area contributed by atoms with Crippen LogP contribution in [0.3, 0.4) is 0 Å². The summed E-state index contributed by atoms with van der Waals surface area (Å²) in [5, 5.41) is 7.18. The first kappa shape index (κ1) is 25.7. The van der Waals surface area contributed by atoms with E-state index in [1.807, 2.05) is 4.90 Å². The smallest absolute Gasteiger partial charge is 0.243 e. The highest BCUT2D eigenvalue weighted by atomic mass is 32.1. The highest BCUT2D eigenvalue weighted by molar-refractivity contribution is 7.80. The molecule has 190 valence electrons. The van der Waals surface area contributed by atoms with Gasteiger partial charge in [-0.05, 0) is 122 Å². The summed E-state index contributed by atoms with van der Waals surface area (Å²) < 4.78 is 0. The molecule has 0 bridgehead atoms. The molecule has 3 saturated carbocycles. The van der Waals surface area contributed by atoms with Crippen molar-refractivity contribution < 1.29 is 9.59 Å². The molecule has 5 nitrogen and oxygen atoms in total. The average molecular weight is 488 g/mol. The van der Waals surface area contributed by atoms with Gasteiger partial charge in [0.25, 0.3) is 0 Å². The SMILES string of the molecule is CC(C)(C)NC(=S)N(C(=O)[C@H]1CC[C@H]2[C@@H]3CC[C@H]4NC(=O)C=C[C@]4(C)[C@H]3CC[C@]12C)C(C)(C)C. The molecule has 7 atom stereocenters. The third-order valence-electron chi connectivity index (χ3n) is 9.56. The van der Waals surface area contributed by atoms with Crippen LogP contribution in [-0.2, 0) is 9.59 Å². The van der Waals surface area contributed by atoms with Crippen LogP contribution in [-0.4, -0.2) is 38.9 Å². The van der Waals surface area contributed by atoms with E-state index in [1.54, 1.807) is 6.08 Å². The Morgan fingerprint density at radius 3 is 2.35 bits per heavy atom. The van der Waals surface area contributed by atoms with Crippen molar-refractivity contribution >= 4 is 29.1 Å². The molecule has 0 saturated heterocycles. The van der Waals surface area contributed by atoms with Gasteiger partial charge in [-0.1, -0.05) is 19.9 Å². The number of carbonyl (C=O) groups excluding carboxylic acids is 2. The van der Waals surface area contributed by atoms with E-state index in [-0.39, 0.29) is 45.7 Å². The van der Waals surface area contributed by atoms with E-state index in [4.69, 9.17) is 12.2 Å². The molecule has 0 spiro atoms. The van der Waals surface area contributed by atoms with Gasteiger partial charge in [-0.3, -0.25) is 14.5 Å². The van der Waals surface area contributed by atoms with E-state index in [0.717, 1.165) is 38.5 Å². The van der Waals surface area contributed by atoms with Crippen molar-refractivity contribution in [3.63, 3.8) is 0 Å². The summed E-state index contributed by atoms with van der Waals surface area (Å²) in [6.07, 6.45) is 10.4. The molecule has 0 aromatic heterocycles. The fraction of sp³-hybridized carbons (Fsp3) is 0.821. The van der Waals surface area contributed by atoms with Gasteiger partial charge in [-0.2, -0.15) is 0 Å². The first-order valence-corrected chi connectivity index (χ1v) is 13.6. The van der Waals surface area contributed by atoms with Crippen LogP contribution in [0.5, 0.6) is 0 Å². The van der Waals surface area contributed by atoms with Gasteiger partial charge >= 0.3 is 0 Å². The van der Waals surface area contributed by atoms with Crippen molar-refractivity contribution in [2.75, 3.05) is 0 Å². The molecular formula is C28H45N3O2S. The van der Waals surface area contributed by atoms with Crippen LogP contribution < -0.4 is 10.6 Å². The predicted octanol–water partition coefficient (Wildman–Crippen LogP) is 5.20. The summed E-state index contributed by atoms with van der Waals surface area (Å²) in [6, 6.07) is 0.242. The van der Waals surface area contributed by atoms with Crippen LogP contribution in [0.4, 0.5) is 0 Å². The summed E-state index contributed by atoms with van der Waals surface area (Å²) >= 11 is 5.80. The molecule has 0 aromatic carbocycles. The van der Waals surface area contributed by atoms with Gasteiger partial charge < -0.3 is 10.6 Å². The molecule has 34 heavy (non-hydrogen) atoms. The highest BCUT2D eigenvalue weighted by Gasteiger charge is 2.61. The second-order valence-corrected chi connectivity index (χ2v) is 14.3. The van der Waals surface area contributed by atoms with Crippen molar-refractivity contribution in [1.29, 1.82) is 0 Å². The van der Waals surface area contributed by atoms with E-state index in [0.29, 0.717) is 22.9 Å². The number of nitrogens with one attached hydrogen (secondary N) is 2. The largest absolute Gasteiger partial charge is 0.358 e. The Morgan fingerprint density at radius 1 is 1.06 bits per heavy atom. The Labute approximate surface area is 211 Å². The molecule has 3 fully saturated rings. The number of amides is 2. The standard InChI is InChI=1S/C28H45N3O2S/c1-25(2,3)30-24(34)31(26(4,5)6)23(33)20-11-10-18-17-9-12-21-28(8,16-14-22(32)29-21)19(17)13-15-27(18,20)7/h14,16-21H,9-13,15H2,1-8H3,(H,29,32)(H,30,34)/t17-,18-,19-,20+,21+,27-,28+/m0/s1. The van der Waals surface area contributed by atoms with E-state index in [1.165, 1.54) is 0 Å². The third kappa shape index (κ3) is 4.22. The molecule has 3 aliphatic carbocycles. The zero-order chi connectivity index (χ0) is 25.3. The number of fused-ring (bicyclic) bond motifs is 5. The van der Waals surface area contributed by atoms with Crippen molar-refractivity contribution in [1.82, 2.24) is 15.5 Å². The number of hydrogen-bond acceptors (Lipinski definition) is 3. The lowest BCUT2D eigenvalue weighted by Gasteiger charge is -2.59. The van der Waals surface area contributed by atoms with Gasteiger partial charge in [0.05, 0.1) is 0 Å². The van der Waals surface area contributed by atoms with Gasteiger partial charge in [0.2, 0.25) is 11.8 Å². The Balaban J connectivity index is 1.60. The minimum absolute atomic E-state index is 0.00389. The van der Waals surface area contributed by atoms with Gasteiger partial charge in [0, 0.05) is 28.5 Å². The maximum Gasteiger partial charge on any atom is 0.243 e. The number of nitrogens with zero attached hydrogens (tertiary/aromatic N) is 1. The van der Waals surface area contributed by atoms with Crippen molar-refractivity contribution in [2.45, 2.75) is 111 Å². The monoisotopic (exact) mass is 487 g/mol. The van der Waals surface area contributed by atoms with Gasteiger partial charge in [-0.15, -0.1) is 0 Å². The Kier molecular flexibility index (Phi) is 6.27. The summed E-state index contributed by atoms with van der Waals surface area (Å²) in [6.45, 7) is 17.2. The van der Waals surface area contributed by atoms with Gasteiger partial charge in [-0.25, -0.2) is 0 Å². The third-order valence-corrected chi connectivity index (χ3v) is 9.84. The molecule has 0 unspecified atom stereocenters. The lowest BCUT2D eigenvalue weighted by atomic mass is 9.48. The van der Waals surface area contributed by atoms with Crippen molar-refractivity contribution in [2.24, 2.45) is 34.5 Å². The Bertz CT molecular complexity index is 900. The lowest BCUT2D eigenvalue weighted by Crippen LogP contribution is -2.61. The molecule has 0 aromatic rings. The predicted molar refractivity (Wildman–Crippen MR) is 141 cm³/mol. The van der Waals surface area contributed by atoms with E-state index in [2.05, 4.69) is 72.1 Å². The van der Waals surface area contributed by atoms with Gasteiger partial charge in [0.15, 0.2) is 5.11 Å². The molecule has 1 heterocycles. The fourth-order valence-electron chi connectivity index (χ4n) is 8.01. The van der Waals surface area contributed by atoms with E-state index in [9.17, 15) is 9.59 Å². The summed E-state index contributed by atoms with van der Waals surface area (Å²) in [7, 11) is 0. The first-order valence-electron chi connectivity index (χ1n) is 13.2. The van der Waals surface area contributed by atoms with Crippen LogP contribution >= 0.6 is 12.2 Å². The summed E-state index contributed by atoms with van der Waals surface area (Å²) in [5.74, 6) is 1.98. The Hall–Kier alpha value is -1.43. The van der Waals surface area contributed by atoms with Gasteiger partial charge in [0.1, 0.15) is 0 Å². The molecule has 2 amide bonds. The highest BCUT2D eigenvalue weighted by Crippen LogP contribution is 2.65. The zero-order valence-electron chi connectivity index (χ0n) is 22.5. The topological polar surface area (TPSA) is 61.4 Å². The van der Waals surface area contributed by atoms with Crippen LogP contribution in [0.2, 0.25) is 0 Å². The maximum atomic E-state index is 14.2. The maximum absolute atomic E-state index is 14.2. The minimum Gasteiger partial charge on any atom is -0.358 e. The van der Waals surface area contributed by atoms with Crippen LogP contribution in [0.25, 0.3) is 0 Å². The average Bonchev–Trinajstić information content (AvgIpc) is 3.03. The second kappa shape index (κ2) is 8.31. The second-order valence-electron chi connectivity index (χ2n) is 13.9. The summed E-state index contributed by atoms with van der Waals surface area (Å²) in [5.41, 5.74) is -0.549. The zero-order valence-corrected chi connectivity index (χ0v) is 23.3. The summed E-state index contributed by atoms with van der Waals surface area (Å²) in [4.78, 5) is 28.1. The number of carbonyl (C=O) groups is 2. The normalized spacial score (nSPS) is 39.4. The van der Waals surface area contributed by atoms with Crippen molar-refractivity contribution in [3.8, 4) is 0 Å². The fourth-order valence-corrected chi connectivity index (χ4v) is 8.68. The molecule has 1 aliphatic heterocycles. The molecule has 6 heteroatoms. The molecule has 0 radical (unpaired) electrons. The van der Waals surface area contributed by atoms with Crippen molar-refractivity contribution in [3.05, 3.63) is 12.2 Å². The Morgan fingerprint density at radius 2 is 1.74 bits per heavy atom. The molecular weight excluding hydrogens is 442 g/mol. The molecule has 2 N–H and O–H groups in total. The van der Waals surface area contributed by atoms with Crippen LogP contribution in [0.15, 0.2) is 12.2 Å². The lowest BCUT2D eigenvalue weighted by molar-refractivity contribution is -0.143. The number of hydrogen-bond donors (Lipinski definition) is 2. The van der Waals surface area contributed by atoms with Crippen LogP contribution in [0, 0.1) is 34.5 Å². The number of rotatable bonds is 1. The van der Waals surface area contributed by atoms with Crippen LogP contribution in [0.1, 0.15) is 93.9 Å². The molecule has 4 aliphatic rings.